The summed E-state index contributed by atoms with van der Waals surface area (Å²) in [5.74, 6) is 0.352. The summed E-state index contributed by atoms with van der Waals surface area (Å²) in [6.07, 6.45) is 0. The molecule has 2 aromatic carbocycles. The van der Waals surface area contributed by atoms with E-state index in [-0.39, 0.29) is 5.69 Å². The second-order valence-electron chi connectivity index (χ2n) is 4.19. The zero-order valence-corrected chi connectivity index (χ0v) is 10.7. The molecule has 0 aliphatic rings. The minimum atomic E-state index is -0.531. The van der Waals surface area contributed by atoms with E-state index < -0.39 is 10.8 Å². The summed E-state index contributed by atoms with van der Waals surface area (Å²) >= 11 is 0. The predicted octanol–water partition coefficient (Wildman–Crippen LogP) is 2.79. The lowest BCUT2D eigenvalue weighted by Gasteiger charge is -2.08. The van der Waals surface area contributed by atoms with Gasteiger partial charge < -0.3 is 10.5 Å². The van der Waals surface area contributed by atoms with Gasteiger partial charge in [0.1, 0.15) is 11.5 Å². The molecule has 0 heterocycles. The number of hydrogen-bond acceptors (Lipinski definition) is 4. The molecule has 6 heteroatoms. The first-order valence-corrected chi connectivity index (χ1v) is 5.80. The van der Waals surface area contributed by atoms with Crippen molar-refractivity contribution in [2.24, 2.45) is 5.73 Å². The van der Waals surface area contributed by atoms with Gasteiger partial charge in [0.25, 0.3) is 5.69 Å². The number of hydrogen-bond donors (Lipinski definition) is 1. The largest absolute Gasteiger partial charge is 0.457 e. The third kappa shape index (κ3) is 2.92. The van der Waals surface area contributed by atoms with E-state index in [0.717, 1.165) is 5.56 Å². The van der Waals surface area contributed by atoms with Crippen LogP contribution < -0.4 is 10.5 Å². The van der Waals surface area contributed by atoms with E-state index in [1.54, 1.807) is 25.1 Å². The number of carbonyl (C=O) groups is 1. The minimum Gasteiger partial charge on any atom is -0.457 e. The van der Waals surface area contributed by atoms with Crippen LogP contribution in [0.4, 0.5) is 5.69 Å². The predicted molar refractivity (Wildman–Crippen MR) is 72.9 cm³/mol. The molecule has 0 atom stereocenters. The first-order chi connectivity index (χ1) is 9.47. The minimum absolute atomic E-state index is 0.0147. The molecule has 0 spiro atoms. The van der Waals surface area contributed by atoms with Crippen LogP contribution in [0.3, 0.4) is 0 Å². The van der Waals surface area contributed by atoms with E-state index in [1.165, 1.54) is 24.3 Å². The quantitative estimate of drug-likeness (QED) is 0.683. The first kappa shape index (κ1) is 13.5. The molecule has 0 aromatic heterocycles. The highest BCUT2D eigenvalue weighted by Crippen LogP contribution is 2.25. The molecule has 0 radical (unpaired) electrons. The first-order valence-electron chi connectivity index (χ1n) is 5.80. The summed E-state index contributed by atoms with van der Waals surface area (Å²) in [5, 5.41) is 10.5. The fourth-order valence-corrected chi connectivity index (χ4v) is 1.70. The Kier molecular flexibility index (Phi) is 3.65. The van der Waals surface area contributed by atoms with Gasteiger partial charge in [0.15, 0.2) is 0 Å². The number of amides is 1. The molecule has 0 bridgehead atoms. The Labute approximate surface area is 114 Å². The molecule has 0 aliphatic heterocycles. The van der Waals surface area contributed by atoms with Crippen LogP contribution in [-0.2, 0) is 0 Å². The topological polar surface area (TPSA) is 95.5 Å². The second-order valence-corrected chi connectivity index (χ2v) is 4.19. The molecular weight excluding hydrogens is 260 g/mol. The average molecular weight is 272 g/mol. The van der Waals surface area contributed by atoms with Crippen LogP contribution in [-0.4, -0.2) is 10.8 Å². The summed E-state index contributed by atoms with van der Waals surface area (Å²) < 4.78 is 5.53. The Morgan fingerprint density at radius 1 is 1.15 bits per heavy atom. The molecule has 6 nitrogen and oxygen atoms in total. The summed E-state index contributed by atoms with van der Waals surface area (Å²) in [6.45, 7) is 1.77. The zero-order valence-electron chi connectivity index (χ0n) is 10.7. The number of carbonyl (C=O) groups excluding carboxylic acids is 1. The van der Waals surface area contributed by atoms with Gasteiger partial charge in [0.2, 0.25) is 5.91 Å². The van der Waals surface area contributed by atoms with Crippen molar-refractivity contribution in [1.29, 1.82) is 0 Å². The van der Waals surface area contributed by atoms with Gasteiger partial charge in [0, 0.05) is 17.7 Å². The van der Waals surface area contributed by atoms with Crippen molar-refractivity contribution >= 4 is 11.6 Å². The molecule has 2 aromatic rings. The highest BCUT2D eigenvalue weighted by molar-refractivity contribution is 5.94. The molecule has 0 aliphatic carbocycles. The maximum atomic E-state index is 11.2. The summed E-state index contributed by atoms with van der Waals surface area (Å²) in [7, 11) is 0. The lowest BCUT2D eigenvalue weighted by Crippen LogP contribution is -2.12. The maximum Gasteiger partial charge on any atom is 0.269 e. The normalized spacial score (nSPS) is 10.1. The van der Waals surface area contributed by atoms with Crippen molar-refractivity contribution < 1.29 is 14.5 Å². The van der Waals surface area contributed by atoms with Crippen LogP contribution >= 0.6 is 0 Å². The van der Waals surface area contributed by atoms with Crippen molar-refractivity contribution in [3.63, 3.8) is 0 Å². The van der Waals surface area contributed by atoms with Gasteiger partial charge in [-0.2, -0.15) is 0 Å². The van der Waals surface area contributed by atoms with Crippen LogP contribution in [0.5, 0.6) is 11.5 Å². The molecule has 0 unspecified atom stereocenters. The highest BCUT2D eigenvalue weighted by Gasteiger charge is 2.08. The highest BCUT2D eigenvalue weighted by atomic mass is 16.6. The van der Waals surface area contributed by atoms with E-state index in [9.17, 15) is 14.9 Å². The van der Waals surface area contributed by atoms with Gasteiger partial charge in [-0.25, -0.2) is 0 Å². The number of nitro benzene ring substituents is 1. The third-order valence-corrected chi connectivity index (χ3v) is 2.76. The van der Waals surface area contributed by atoms with E-state index in [2.05, 4.69) is 0 Å². The SMILES string of the molecule is Cc1ccc(Oc2ccc([N+](=O)[O-])cc2)cc1C(N)=O. The van der Waals surface area contributed by atoms with E-state index >= 15 is 0 Å². The molecule has 102 valence electrons. The van der Waals surface area contributed by atoms with Gasteiger partial charge in [0.05, 0.1) is 4.92 Å². The van der Waals surface area contributed by atoms with Crippen LogP contribution in [0, 0.1) is 17.0 Å². The van der Waals surface area contributed by atoms with Crippen LogP contribution in [0.25, 0.3) is 0 Å². The smallest absolute Gasteiger partial charge is 0.269 e. The number of nitro groups is 1. The zero-order chi connectivity index (χ0) is 14.7. The van der Waals surface area contributed by atoms with Crippen molar-refractivity contribution in [3.8, 4) is 11.5 Å². The van der Waals surface area contributed by atoms with Crippen LogP contribution in [0.15, 0.2) is 42.5 Å². The number of aryl methyl sites for hydroxylation is 1. The van der Waals surface area contributed by atoms with Crippen LogP contribution in [0.2, 0.25) is 0 Å². The number of benzene rings is 2. The fraction of sp³-hybridized carbons (Fsp3) is 0.0714. The van der Waals surface area contributed by atoms with E-state index in [4.69, 9.17) is 10.5 Å². The lowest BCUT2D eigenvalue weighted by atomic mass is 10.1. The Balaban J connectivity index is 2.23. The van der Waals surface area contributed by atoms with Crippen LogP contribution in [0.1, 0.15) is 15.9 Å². The Morgan fingerprint density at radius 2 is 1.75 bits per heavy atom. The van der Waals surface area contributed by atoms with Crippen molar-refractivity contribution in [3.05, 3.63) is 63.7 Å². The van der Waals surface area contributed by atoms with Gasteiger partial charge in [-0.3, -0.25) is 14.9 Å². The number of rotatable bonds is 4. The number of non-ortho nitro benzene ring substituents is 1. The molecule has 2 rings (SSSR count). The number of nitrogens with zero attached hydrogens (tertiary/aromatic N) is 1. The fourth-order valence-electron chi connectivity index (χ4n) is 1.70. The van der Waals surface area contributed by atoms with Crippen molar-refractivity contribution in [1.82, 2.24) is 0 Å². The average Bonchev–Trinajstić information content (AvgIpc) is 2.41. The van der Waals surface area contributed by atoms with Gasteiger partial charge in [-0.05, 0) is 36.8 Å². The Morgan fingerprint density at radius 3 is 2.30 bits per heavy atom. The molecule has 0 fully saturated rings. The Bertz CT molecular complexity index is 665. The summed E-state index contributed by atoms with van der Waals surface area (Å²) in [4.78, 5) is 21.3. The molecular formula is C14H12N2O4. The molecule has 0 saturated carbocycles. The van der Waals surface area contributed by atoms with Crippen molar-refractivity contribution in [2.75, 3.05) is 0 Å². The summed E-state index contributed by atoms with van der Waals surface area (Å²) in [6, 6.07) is 10.6. The summed E-state index contributed by atoms with van der Waals surface area (Å²) in [5.41, 5.74) is 6.38. The molecule has 20 heavy (non-hydrogen) atoms. The molecule has 0 saturated heterocycles. The van der Waals surface area contributed by atoms with Crippen molar-refractivity contribution in [2.45, 2.75) is 6.92 Å². The molecule has 1 amide bonds. The number of nitrogens with two attached hydrogens (primary N) is 1. The van der Waals surface area contributed by atoms with Gasteiger partial charge in [-0.15, -0.1) is 0 Å². The standard InChI is InChI=1S/C14H12N2O4/c1-9-2-5-12(8-13(9)14(15)17)20-11-6-3-10(4-7-11)16(18)19/h2-8H,1H3,(H2,15,17). The van der Waals surface area contributed by atoms with Gasteiger partial charge in [-0.1, -0.05) is 6.07 Å². The third-order valence-electron chi connectivity index (χ3n) is 2.76. The number of ether oxygens (including phenoxy) is 1. The second kappa shape index (κ2) is 5.40. The number of primary amides is 1. The maximum absolute atomic E-state index is 11.2. The Hall–Kier alpha value is -2.89. The lowest BCUT2D eigenvalue weighted by molar-refractivity contribution is -0.384. The van der Waals surface area contributed by atoms with E-state index in [1.807, 2.05) is 0 Å². The molecule has 2 N–H and O–H groups in total. The van der Waals surface area contributed by atoms with E-state index in [0.29, 0.717) is 17.1 Å². The monoisotopic (exact) mass is 272 g/mol. The van der Waals surface area contributed by atoms with Gasteiger partial charge >= 0.3 is 0 Å².